The molecule has 0 unspecified atom stereocenters. The quantitative estimate of drug-likeness (QED) is 0.644. The summed E-state index contributed by atoms with van der Waals surface area (Å²) in [6.07, 6.45) is 3.55. The van der Waals surface area contributed by atoms with E-state index in [1.54, 1.807) is 6.20 Å². The van der Waals surface area contributed by atoms with Gasteiger partial charge in [-0.05, 0) is 30.2 Å². The summed E-state index contributed by atoms with van der Waals surface area (Å²) in [5.41, 5.74) is 3.05. The summed E-state index contributed by atoms with van der Waals surface area (Å²) in [5.74, 6) is 0.695. The third-order valence-corrected chi connectivity index (χ3v) is 5.45. The zero-order chi connectivity index (χ0) is 20.1. The lowest BCUT2D eigenvalue weighted by Gasteiger charge is -2.34. The van der Waals surface area contributed by atoms with Crippen LogP contribution in [0.2, 0.25) is 0 Å². The van der Waals surface area contributed by atoms with Gasteiger partial charge in [-0.25, -0.2) is 0 Å². The van der Waals surface area contributed by atoms with Gasteiger partial charge in [-0.15, -0.1) is 0 Å². The second-order valence-electron chi connectivity index (χ2n) is 7.53. The molecule has 1 fully saturated rings. The molecule has 1 aliphatic heterocycles. The van der Waals surface area contributed by atoms with E-state index in [0.717, 1.165) is 35.4 Å². The molecule has 148 valence electrons. The van der Waals surface area contributed by atoms with Crippen LogP contribution in [-0.2, 0) is 4.79 Å². The average molecular weight is 386 g/mol. The van der Waals surface area contributed by atoms with Crippen LogP contribution >= 0.6 is 0 Å². The van der Waals surface area contributed by atoms with Gasteiger partial charge in [0.15, 0.2) is 0 Å². The number of hydrogen-bond acceptors (Lipinski definition) is 3. The maximum absolute atomic E-state index is 13.5. The Morgan fingerprint density at radius 1 is 0.931 bits per heavy atom. The van der Waals surface area contributed by atoms with Crippen LogP contribution in [0.4, 0.5) is 0 Å². The third kappa shape index (κ3) is 4.65. The number of rotatable bonds is 5. The van der Waals surface area contributed by atoms with Crippen molar-refractivity contribution in [1.29, 1.82) is 0 Å². The van der Waals surface area contributed by atoms with E-state index in [4.69, 9.17) is 4.74 Å². The van der Waals surface area contributed by atoms with Crippen molar-refractivity contribution < 1.29 is 9.53 Å². The zero-order valence-electron chi connectivity index (χ0n) is 16.7. The summed E-state index contributed by atoms with van der Waals surface area (Å²) in [5, 5.41) is 0. The van der Waals surface area contributed by atoms with Gasteiger partial charge in [0.2, 0.25) is 5.91 Å². The van der Waals surface area contributed by atoms with Gasteiger partial charge in [-0.1, -0.05) is 60.7 Å². The van der Waals surface area contributed by atoms with Gasteiger partial charge in [-0.3, -0.25) is 9.78 Å². The lowest BCUT2D eigenvalue weighted by atomic mass is 9.89. The fraction of sp³-hybridized carbons (Fsp3) is 0.280. The van der Waals surface area contributed by atoms with E-state index < -0.39 is 0 Å². The number of benzene rings is 2. The van der Waals surface area contributed by atoms with Crippen LogP contribution in [-0.4, -0.2) is 35.0 Å². The molecule has 0 N–H and O–H groups in total. The van der Waals surface area contributed by atoms with E-state index in [2.05, 4.69) is 4.98 Å². The molecule has 0 spiro atoms. The van der Waals surface area contributed by atoms with Gasteiger partial charge in [0, 0.05) is 31.6 Å². The van der Waals surface area contributed by atoms with Gasteiger partial charge in [0.05, 0.1) is 12.1 Å². The number of carbonyl (C=O) groups excluding carboxylic acids is 1. The van der Waals surface area contributed by atoms with Crippen LogP contribution in [0, 0.1) is 6.92 Å². The van der Waals surface area contributed by atoms with Crippen molar-refractivity contribution in [2.24, 2.45) is 0 Å². The molecule has 1 saturated heterocycles. The fourth-order valence-corrected chi connectivity index (χ4v) is 3.86. The highest BCUT2D eigenvalue weighted by molar-refractivity contribution is 5.87. The summed E-state index contributed by atoms with van der Waals surface area (Å²) in [6, 6.07) is 24.0. The van der Waals surface area contributed by atoms with Crippen LogP contribution in [0.1, 0.15) is 35.6 Å². The second-order valence-corrected chi connectivity index (χ2v) is 7.53. The number of pyridine rings is 1. The molecule has 3 aromatic rings. The Hall–Kier alpha value is -3.14. The van der Waals surface area contributed by atoms with Gasteiger partial charge >= 0.3 is 0 Å². The lowest BCUT2D eigenvalue weighted by molar-refractivity contribution is -0.133. The van der Waals surface area contributed by atoms with Crippen LogP contribution in [0.25, 0.3) is 0 Å². The molecular formula is C25H26N2O2. The summed E-state index contributed by atoms with van der Waals surface area (Å²) in [7, 11) is 0. The van der Waals surface area contributed by atoms with E-state index in [-0.39, 0.29) is 17.9 Å². The third-order valence-electron chi connectivity index (χ3n) is 5.45. The van der Waals surface area contributed by atoms with Gasteiger partial charge in [-0.2, -0.15) is 0 Å². The van der Waals surface area contributed by atoms with E-state index in [1.807, 2.05) is 84.6 Å². The molecule has 0 saturated carbocycles. The minimum absolute atomic E-state index is 0.121. The standard InChI is InChI=1S/C25H26N2O2/c1-19-12-13-23(18-26-19)29-22-14-16-27(17-15-22)25(28)24(20-8-4-2-5-9-20)21-10-6-3-7-11-21/h2-13,18,22,24H,14-17H2,1H3. The smallest absolute Gasteiger partial charge is 0.234 e. The molecule has 2 heterocycles. The van der Waals surface area contributed by atoms with E-state index >= 15 is 0 Å². The van der Waals surface area contributed by atoms with Crippen LogP contribution in [0.3, 0.4) is 0 Å². The fourth-order valence-electron chi connectivity index (χ4n) is 3.86. The highest BCUT2D eigenvalue weighted by Crippen LogP contribution is 2.28. The molecule has 1 aliphatic rings. The first-order valence-electron chi connectivity index (χ1n) is 10.2. The predicted octanol–water partition coefficient (Wildman–Crippen LogP) is 4.59. The van der Waals surface area contributed by atoms with Gasteiger partial charge in [0.25, 0.3) is 0 Å². The van der Waals surface area contributed by atoms with E-state index in [9.17, 15) is 4.79 Å². The largest absolute Gasteiger partial charge is 0.489 e. The first-order valence-corrected chi connectivity index (χ1v) is 10.2. The molecule has 4 rings (SSSR count). The topological polar surface area (TPSA) is 42.4 Å². The lowest BCUT2D eigenvalue weighted by Crippen LogP contribution is -2.44. The Morgan fingerprint density at radius 3 is 2.03 bits per heavy atom. The average Bonchev–Trinajstić information content (AvgIpc) is 2.77. The highest BCUT2D eigenvalue weighted by atomic mass is 16.5. The molecule has 2 aromatic carbocycles. The van der Waals surface area contributed by atoms with Crippen molar-refractivity contribution in [2.75, 3.05) is 13.1 Å². The summed E-state index contributed by atoms with van der Waals surface area (Å²) in [4.78, 5) is 19.7. The van der Waals surface area contributed by atoms with E-state index in [1.165, 1.54) is 0 Å². The second kappa shape index (κ2) is 8.91. The molecule has 0 aliphatic carbocycles. The van der Waals surface area contributed by atoms with Crippen molar-refractivity contribution >= 4 is 5.91 Å². The van der Waals surface area contributed by atoms with Crippen LogP contribution in [0.15, 0.2) is 79.0 Å². The van der Waals surface area contributed by atoms with Gasteiger partial charge < -0.3 is 9.64 Å². The summed E-state index contributed by atoms with van der Waals surface area (Å²) in [6.45, 7) is 3.38. The summed E-state index contributed by atoms with van der Waals surface area (Å²) >= 11 is 0. The number of amides is 1. The minimum atomic E-state index is -0.267. The number of likely N-dealkylation sites (tertiary alicyclic amines) is 1. The Labute approximate surface area is 172 Å². The molecule has 4 nitrogen and oxygen atoms in total. The molecule has 0 atom stereocenters. The maximum Gasteiger partial charge on any atom is 0.234 e. The first kappa shape index (κ1) is 19.2. The SMILES string of the molecule is Cc1ccc(OC2CCN(C(=O)C(c3ccccc3)c3ccccc3)CC2)cn1. The Kier molecular flexibility index (Phi) is 5.89. The molecular weight excluding hydrogens is 360 g/mol. The number of nitrogens with zero attached hydrogens (tertiary/aromatic N) is 2. The first-order chi connectivity index (χ1) is 14.2. The molecule has 0 radical (unpaired) electrons. The van der Waals surface area contributed by atoms with Crippen molar-refractivity contribution in [3.8, 4) is 5.75 Å². The molecule has 4 heteroatoms. The molecule has 0 bridgehead atoms. The number of ether oxygens (including phenoxy) is 1. The zero-order valence-corrected chi connectivity index (χ0v) is 16.7. The van der Waals surface area contributed by atoms with Crippen molar-refractivity contribution in [1.82, 2.24) is 9.88 Å². The Balaban J connectivity index is 1.45. The normalized spacial score (nSPS) is 14.8. The van der Waals surface area contributed by atoms with Gasteiger partial charge in [0.1, 0.15) is 11.9 Å². The van der Waals surface area contributed by atoms with Crippen molar-refractivity contribution in [3.05, 3.63) is 95.8 Å². The Bertz CT molecular complexity index is 879. The monoisotopic (exact) mass is 386 g/mol. The minimum Gasteiger partial charge on any atom is -0.489 e. The molecule has 1 aromatic heterocycles. The predicted molar refractivity (Wildman–Crippen MR) is 114 cm³/mol. The number of hydrogen-bond donors (Lipinski definition) is 0. The molecule has 1 amide bonds. The molecule has 29 heavy (non-hydrogen) atoms. The Morgan fingerprint density at radius 2 is 1.52 bits per heavy atom. The number of carbonyl (C=O) groups is 1. The number of aryl methyl sites for hydroxylation is 1. The highest BCUT2D eigenvalue weighted by Gasteiger charge is 2.30. The number of aromatic nitrogens is 1. The van der Waals surface area contributed by atoms with Crippen molar-refractivity contribution in [3.63, 3.8) is 0 Å². The van der Waals surface area contributed by atoms with Crippen LogP contribution in [0.5, 0.6) is 5.75 Å². The summed E-state index contributed by atoms with van der Waals surface area (Å²) < 4.78 is 6.07. The van der Waals surface area contributed by atoms with Crippen molar-refractivity contribution in [2.45, 2.75) is 31.8 Å². The number of piperidine rings is 1. The maximum atomic E-state index is 13.5. The van der Waals surface area contributed by atoms with E-state index in [0.29, 0.717) is 13.1 Å². The van der Waals surface area contributed by atoms with Crippen LogP contribution < -0.4 is 4.74 Å².